The maximum absolute atomic E-state index is 11.9. The van der Waals surface area contributed by atoms with Gasteiger partial charge in [-0.15, -0.1) is 0 Å². The van der Waals surface area contributed by atoms with Crippen LogP contribution in [0.25, 0.3) is 0 Å². The fraction of sp³-hybridized carbons (Fsp3) is 0.833. The van der Waals surface area contributed by atoms with E-state index in [1.807, 2.05) is 13.8 Å². The molecule has 0 unspecified atom stereocenters. The van der Waals surface area contributed by atoms with E-state index in [0.29, 0.717) is 12.6 Å². The Bertz CT molecular complexity index is 273. The van der Waals surface area contributed by atoms with Gasteiger partial charge in [-0.25, -0.2) is 0 Å². The van der Waals surface area contributed by atoms with Gasteiger partial charge in [0.1, 0.15) is 0 Å². The summed E-state index contributed by atoms with van der Waals surface area (Å²) in [5, 5.41) is 3.25. The minimum atomic E-state index is -0.465. The summed E-state index contributed by atoms with van der Waals surface area (Å²) in [7, 11) is 0. The molecule has 3 N–H and O–H groups in total. The van der Waals surface area contributed by atoms with Crippen molar-refractivity contribution in [2.24, 2.45) is 5.73 Å². The molecule has 0 saturated heterocycles. The van der Waals surface area contributed by atoms with Crippen LogP contribution in [0.5, 0.6) is 0 Å². The Morgan fingerprint density at radius 3 is 2.41 bits per heavy atom. The summed E-state index contributed by atoms with van der Waals surface area (Å²) < 4.78 is 0. The van der Waals surface area contributed by atoms with Crippen molar-refractivity contribution in [1.29, 1.82) is 0 Å². The SMILES string of the molecule is CC(C)N(CC(N)=O)C(=O)CNC1CCCC1. The largest absolute Gasteiger partial charge is 0.368 e. The predicted octanol–water partition coefficient (Wildman–Crippen LogP) is 0.241. The standard InChI is InChI=1S/C12H23N3O2/c1-9(2)15(8-11(13)16)12(17)7-14-10-5-3-4-6-10/h9-10,14H,3-8H2,1-2H3,(H2,13,16). The lowest BCUT2D eigenvalue weighted by atomic mass is 10.2. The molecule has 5 heteroatoms. The van der Waals surface area contributed by atoms with E-state index in [0.717, 1.165) is 12.8 Å². The lowest BCUT2D eigenvalue weighted by molar-refractivity contribution is -0.136. The molecule has 17 heavy (non-hydrogen) atoms. The smallest absolute Gasteiger partial charge is 0.237 e. The molecular weight excluding hydrogens is 218 g/mol. The Morgan fingerprint density at radius 2 is 1.94 bits per heavy atom. The highest BCUT2D eigenvalue weighted by Crippen LogP contribution is 2.17. The minimum absolute atomic E-state index is 0.000350. The molecule has 2 amide bonds. The van der Waals surface area contributed by atoms with E-state index in [9.17, 15) is 9.59 Å². The zero-order chi connectivity index (χ0) is 12.8. The molecule has 1 saturated carbocycles. The lowest BCUT2D eigenvalue weighted by Gasteiger charge is -2.26. The highest BCUT2D eigenvalue weighted by Gasteiger charge is 2.21. The fourth-order valence-corrected chi connectivity index (χ4v) is 2.19. The monoisotopic (exact) mass is 241 g/mol. The first-order valence-electron chi connectivity index (χ1n) is 6.32. The zero-order valence-electron chi connectivity index (χ0n) is 10.7. The van der Waals surface area contributed by atoms with Crippen molar-refractivity contribution in [1.82, 2.24) is 10.2 Å². The number of amides is 2. The fourth-order valence-electron chi connectivity index (χ4n) is 2.19. The first kappa shape index (κ1) is 14.0. The number of nitrogens with one attached hydrogen (secondary N) is 1. The second-order valence-corrected chi connectivity index (χ2v) is 4.94. The lowest BCUT2D eigenvalue weighted by Crippen LogP contribution is -2.47. The molecule has 0 aliphatic heterocycles. The van der Waals surface area contributed by atoms with Crippen LogP contribution in [-0.2, 0) is 9.59 Å². The Hall–Kier alpha value is -1.10. The predicted molar refractivity (Wildman–Crippen MR) is 66.3 cm³/mol. The third-order valence-electron chi connectivity index (χ3n) is 3.17. The normalized spacial score (nSPS) is 16.4. The summed E-state index contributed by atoms with van der Waals surface area (Å²) in [6.45, 7) is 4.08. The second kappa shape index (κ2) is 6.59. The van der Waals surface area contributed by atoms with E-state index < -0.39 is 5.91 Å². The Labute approximate surface area is 103 Å². The van der Waals surface area contributed by atoms with E-state index in [2.05, 4.69) is 5.32 Å². The molecule has 0 aromatic heterocycles. The summed E-state index contributed by atoms with van der Waals surface area (Å²) in [6, 6.07) is 0.460. The van der Waals surface area contributed by atoms with Gasteiger partial charge in [-0.2, -0.15) is 0 Å². The maximum Gasteiger partial charge on any atom is 0.237 e. The van der Waals surface area contributed by atoms with Gasteiger partial charge in [0.05, 0.1) is 13.1 Å². The third-order valence-corrected chi connectivity index (χ3v) is 3.17. The molecular formula is C12H23N3O2. The summed E-state index contributed by atoms with van der Waals surface area (Å²) in [5.74, 6) is -0.515. The van der Waals surface area contributed by atoms with Crippen LogP contribution in [0.3, 0.4) is 0 Å². The molecule has 0 radical (unpaired) electrons. The first-order chi connectivity index (χ1) is 8.00. The molecule has 0 bridgehead atoms. The topological polar surface area (TPSA) is 75.4 Å². The van der Waals surface area contributed by atoms with Crippen molar-refractivity contribution in [2.45, 2.75) is 51.6 Å². The molecule has 1 aliphatic rings. The molecule has 98 valence electrons. The minimum Gasteiger partial charge on any atom is -0.368 e. The molecule has 1 fully saturated rings. The number of nitrogens with two attached hydrogens (primary N) is 1. The van der Waals surface area contributed by atoms with Gasteiger partial charge in [0, 0.05) is 12.1 Å². The zero-order valence-corrected chi connectivity index (χ0v) is 10.7. The summed E-state index contributed by atoms with van der Waals surface area (Å²) >= 11 is 0. The first-order valence-corrected chi connectivity index (χ1v) is 6.32. The van der Waals surface area contributed by atoms with Gasteiger partial charge in [0.15, 0.2) is 0 Å². The van der Waals surface area contributed by atoms with Crippen LogP contribution in [0, 0.1) is 0 Å². The van der Waals surface area contributed by atoms with Crippen LogP contribution in [0.2, 0.25) is 0 Å². The summed E-state index contributed by atoms with van der Waals surface area (Å²) in [5.41, 5.74) is 5.13. The number of hydrogen-bond donors (Lipinski definition) is 2. The van der Waals surface area contributed by atoms with E-state index in [4.69, 9.17) is 5.73 Å². The van der Waals surface area contributed by atoms with E-state index >= 15 is 0 Å². The van der Waals surface area contributed by atoms with Crippen molar-refractivity contribution in [3.05, 3.63) is 0 Å². The second-order valence-electron chi connectivity index (χ2n) is 4.94. The van der Waals surface area contributed by atoms with Crippen molar-refractivity contribution in [3.8, 4) is 0 Å². The van der Waals surface area contributed by atoms with Crippen molar-refractivity contribution < 1.29 is 9.59 Å². The average Bonchev–Trinajstić information content (AvgIpc) is 2.74. The van der Waals surface area contributed by atoms with Gasteiger partial charge in [-0.1, -0.05) is 12.8 Å². The van der Waals surface area contributed by atoms with Crippen molar-refractivity contribution in [3.63, 3.8) is 0 Å². The number of carbonyl (C=O) groups excluding carboxylic acids is 2. The van der Waals surface area contributed by atoms with Gasteiger partial charge >= 0.3 is 0 Å². The maximum atomic E-state index is 11.9. The average molecular weight is 241 g/mol. The molecule has 0 atom stereocenters. The van der Waals surface area contributed by atoms with Crippen molar-refractivity contribution in [2.75, 3.05) is 13.1 Å². The van der Waals surface area contributed by atoms with Crippen LogP contribution < -0.4 is 11.1 Å². The molecule has 0 aromatic rings. The Balaban J connectivity index is 2.38. The van der Waals surface area contributed by atoms with Crippen LogP contribution in [0.1, 0.15) is 39.5 Å². The third kappa shape index (κ3) is 4.73. The molecule has 1 aliphatic carbocycles. The quantitative estimate of drug-likeness (QED) is 0.699. The van der Waals surface area contributed by atoms with Crippen LogP contribution in [-0.4, -0.2) is 41.9 Å². The van der Waals surface area contributed by atoms with Crippen LogP contribution in [0.15, 0.2) is 0 Å². The number of hydrogen-bond acceptors (Lipinski definition) is 3. The number of carbonyl (C=O) groups is 2. The molecule has 1 rings (SSSR count). The van der Waals surface area contributed by atoms with Gasteiger partial charge in [-0.3, -0.25) is 9.59 Å². The number of nitrogens with zero attached hydrogens (tertiary/aromatic N) is 1. The molecule has 0 spiro atoms. The van der Waals surface area contributed by atoms with E-state index in [-0.39, 0.29) is 18.5 Å². The van der Waals surface area contributed by atoms with Gasteiger partial charge in [0.25, 0.3) is 0 Å². The van der Waals surface area contributed by atoms with Crippen molar-refractivity contribution >= 4 is 11.8 Å². The van der Waals surface area contributed by atoms with Crippen LogP contribution in [0.4, 0.5) is 0 Å². The van der Waals surface area contributed by atoms with Gasteiger partial charge in [0.2, 0.25) is 11.8 Å². The highest BCUT2D eigenvalue weighted by molar-refractivity contribution is 5.85. The number of primary amides is 1. The summed E-state index contributed by atoms with van der Waals surface area (Å²) in [4.78, 5) is 24.3. The van der Waals surface area contributed by atoms with Crippen LogP contribution >= 0.6 is 0 Å². The summed E-state index contributed by atoms with van der Waals surface area (Å²) in [6.07, 6.45) is 4.76. The Morgan fingerprint density at radius 1 is 1.35 bits per heavy atom. The molecule has 0 heterocycles. The van der Waals surface area contributed by atoms with E-state index in [1.165, 1.54) is 17.7 Å². The van der Waals surface area contributed by atoms with Gasteiger partial charge in [-0.05, 0) is 26.7 Å². The number of rotatable bonds is 6. The van der Waals surface area contributed by atoms with E-state index in [1.54, 1.807) is 0 Å². The molecule has 0 aromatic carbocycles. The van der Waals surface area contributed by atoms with Gasteiger partial charge < -0.3 is 16.0 Å². The Kier molecular flexibility index (Phi) is 5.41. The molecule has 5 nitrogen and oxygen atoms in total. The highest BCUT2D eigenvalue weighted by atomic mass is 16.2.